The molecule has 1 N–H and O–H groups in total. The molecule has 0 aliphatic heterocycles. The number of thiophene rings is 1. The normalized spacial score (nSPS) is 10.8. The third-order valence-corrected chi connectivity index (χ3v) is 4.44. The van der Waals surface area contributed by atoms with Gasteiger partial charge in [-0.15, -0.1) is 11.3 Å². The van der Waals surface area contributed by atoms with Crippen LogP contribution in [0.5, 0.6) is 0 Å². The first-order valence-electron chi connectivity index (χ1n) is 6.23. The molecule has 8 heteroatoms. The molecule has 0 aliphatic rings. The van der Waals surface area contributed by atoms with Crippen LogP contribution in [0.1, 0.15) is 0 Å². The second kappa shape index (κ2) is 6.08. The van der Waals surface area contributed by atoms with Crippen LogP contribution in [0, 0.1) is 0 Å². The van der Waals surface area contributed by atoms with E-state index in [2.05, 4.69) is 10.3 Å². The van der Waals surface area contributed by atoms with Crippen molar-refractivity contribution in [2.45, 2.75) is 6.54 Å². The number of hydrogen-bond acceptors (Lipinski definition) is 4. The lowest BCUT2D eigenvalue weighted by Crippen LogP contribution is -2.27. The first-order chi connectivity index (χ1) is 10.6. The van der Waals surface area contributed by atoms with E-state index in [0.717, 1.165) is 0 Å². The van der Waals surface area contributed by atoms with Crippen LogP contribution in [0.15, 0.2) is 40.8 Å². The van der Waals surface area contributed by atoms with Crippen LogP contribution in [-0.4, -0.2) is 15.5 Å². The minimum Gasteiger partial charge on any atom is -0.322 e. The van der Waals surface area contributed by atoms with Crippen LogP contribution in [0.2, 0.25) is 10.0 Å². The highest BCUT2D eigenvalue weighted by molar-refractivity contribution is 7.16. The molecule has 22 heavy (non-hydrogen) atoms. The average Bonchev–Trinajstić information content (AvgIpc) is 2.95. The van der Waals surface area contributed by atoms with Gasteiger partial charge < -0.3 is 5.32 Å². The number of rotatable bonds is 3. The van der Waals surface area contributed by atoms with Gasteiger partial charge in [-0.25, -0.2) is 4.98 Å². The van der Waals surface area contributed by atoms with E-state index in [-0.39, 0.29) is 12.1 Å². The lowest BCUT2D eigenvalue weighted by molar-refractivity contribution is -0.116. The Bertz CT molecular complexity index is 900. The molecule has 0 saturated carbocycles. The van der Waals surface area contributed by atoms with Crippen LogP contribution in [0.4, 0.5) is 5.69 Å². The maximum absolute atomic E-state index is 12.2. The number of para-hydroxylation sites is 1. The Hall–Kier alpha value is -1.89. The summed E-state index contributed by atoms with van der Waals surface area (Å²) in [5.74, 6) is -0.409. The van der Waals surface area contributed by atoms with Gasteiger partial charge in [0.25, 0.3) is 5.56 Å². The number of halogens is 2. The lowest BCUT2D eigenvalue weighted by atomic mass is 10.3. The quantitative estimate of drug-likeness (QED) is 0.784. The fourth-order valence-electron chi connectivity index (χ4n) is 1.96. The van der Waals surface area contributed by atoms with Gasteiger partial charge in [-0.1, -0.05) is 29.3 Å². The maximum Gasteiger partial charge on any atom is 0.262 e. The topological polar surface area (TPSA) is 64.0 Å². The zero-order valence-corrected chi connectivity index (χ0v) is 13.4. The number of carbonyl (C=O) groups excluding carboxylic acids is 1. The number of nitrogens with zero attached hydrogens (tertiary/aromatic N) is 2. The second-order valence-corrected chi connectivity index (χ2v) is 6.17. The summed E-state index contributed by atoms with van der Waals surface area (Å²) < 4.78 is 1.25. The van der Waals surface area contributed by atoms with Gasteiger partial charge in [-0.05, 0) is 23.6 Å². The molecule has 0 unspecified atom stereocenters. The number of aromatic nitrogens is 2. The van der Waals surface area contributed by atoms with Gasteiger partial charge >= 0.3 is 0 Å². The molecule has 2 aromatic heterocycles. The largest absolute Gasteiger partial charge is 0.322 e. The number of anilines is 1. The predicted octanol–water partition coefficient (Wildman–Crippen LogP) is 3.40. The van der Waals surface area contributed by atoms with Crippen molar-refractivity contribution >= 4 is 56.3 Å². The molecule has 0 atom stereocenters. The summed E-state index contributed by atoms with van der Waals surface area (Å²) in [6.45, 7) is -0.167. The van der Waals surface area contributed by atoms with Gasteiger partial charge in [-0.3, -0.25) is 14.2 Å². The molecule has 0 bridgehead atoms. The van der Waals surface area contributed by atoms with Crippen LogP contribution in [0.3, 0.4) is 0 Å². The molecule has 3 aromatic rings. The van der Waals surface area contributed by atoms with E-state index >= 15 is 0 Å². The summed E-state index contributed by atoms with van der Waals surface area (Å²) in [6, 6.07) is 6.61. The number of nitrogens with one attached hydrogen (secondary N) is 1. The van der Waals surface area contributed by atoms with Crippen molar-refractivity contribution in [3.05, 3.63) is 56.4 Å². The molecule has 0 spiro atoms. The molecular weight excluding hydrogens is 345 g/mol. The van der Waals surface area contributed by atoms with Crippen molar-refractivity contribution in [2.75, 3.05) is 5.32 Å². The molecule has 0 radical (unpaired) electrons. The highest BCUT2D eigenvalue weighted by atomic mass is 35.5. The zero-order valence-electron chi connectivity index (χ0n) is 11.0. The van der Waals surface area contributed by atoms with E-state index in [1.807, 2.05) is 0 Å². The Morgan fingerprint density at radius 3 is 2.73 bits per heavy atom. The summed E-state index contributed by atoms with van der Waals surface area (Å²) >= 11 is 13.4. The molecule has 1 amide bonds. The Balaban J connectivity index is 1.84. The number of benzene rings is 1. The molecular formula is C14H9Cl2N3O2S. The third kappa shape index (κ3) is 2.85. The van der Waals surface area contributed by atoms with Crippen LogP contribution >= 0.6 is 34.5 Å². The molecule has 112 valence electrons. The minimum absolute atomic E-state index is 0.167. The maximum atomic E-state index is 12.2. The van der Waals surface area contributed by atoms with Gasteiger partial charge in [0.2, 0.25) is 5.91 Å². The zero-order chi connectivity index (χ0) is 15.7. The van der Waals surface area contributed by atoms with E-state index in [1.54, 1.807) is 29.6 Å². The van der Waals surface area contributed by atoms with Crippen molar-refractivity contribution < 1.29 is 4.79 Å². The van der Waals surface area contributed by atoms with E-state index < -0.39 is 5.91 Å². The molecule has 3 rings (SSSR count). The highest BCUT2D eigenvalue weighted by Crippen LogP contribution is 2.29. The molecule has 5 nitrogen and oxygen atoms in total. The fourth-order valence-corrected chi connectivity index (χ4v) is 3.17. The first-order valence-corrected chi connectivity index (χ1v) is 7.86. The standard InChI is InChI=1S/C14H9Cl2N3O2S/c15-9-2-1-3-10(16)12(9)18-11(20)6-19-7-17-13-8(14(19)21)4-5-22-13/h1-5,7H,6H2,(H,18,20). The Morgan fingerprint density at radius 1 is 1.27 bits per heavy atom. The summed E-state index contributed by atoms with van der Waals surface area (Å²) in [5, 5.41) is 5.56. The van der Waals surface area contributed by atoms with Crippen molar-refractivity contribution in [2.24, 2.45) is 0 Å². The SMILES string of the molecule is O=C(Cn1cnc2sccc2c1=O)Nc1c(Cl)cccc1Cl. The Morgan fingerprint density at radius 2 is 2.00 bits per heavy atom. The third-order valence-electron chi connectivity index (χ3n) is 2.99. The molecule has 0 fully saturated rings. The van der Waals surface area contributed by atoms with Gasteiger partial charge in [0.15, 0.2) is 0 Å². The van der Waals surface area contributed by atoms with Crippen molar-refractivity contribution in [3.8, 4) is 0 Å². The van der Waals surface area contributed by atoms with E-state index in [0.29, 0.717) is 25.9 Å². The molecule has 0 aliphatic carbocycles. The van der Waals surface area contributed by atoms with Crippen molar-refractivity contribution in [1.82, 2.24) is 9.55 Å². The minimum atomic E-state index is -0.409. The Labute approximate surface area is 139 Å². The number of hydrogen-bond donors (Lipinski definition) is 1. The van der Waals surface area contributed by atoms with Gasteiger partial charge in [0.05, 0.1) is 27.4 Å². The summed E-state index contributed by atoms with van der Waals surface area (Å²) in [6.07, 6.45) is 1.36. The first kappa shape index (κ1) is 15.0. The van der Waals surface area contributed by atoms with Gasteiger partial charge in [0.1, 0.15) is 11.4 Å². The summed E-state index contributed by atoms with van der Waals surface area (Å²) in [5.41, 5.74) is 0.0695. The van der Waals surface area contributed by atoms with Crippen LogP contribution < -0.4 is 10.9 Å². The summed E-state index contributed by atoms with van der Waals surface area (Å²) in [4.78, 5) is 29.1. The van der Waals surface area contributed by atoms with E-state index in [4.69, 9.17) is 23.2 Å². The van der Waals surface area contributed by atoms with Gasteiger partial charge in [-0.2, -0.15) is 0 Å². The van der Waals surface area contributed by atoms with E-state index in [9.17, 15) is 9.59 Å². The number of fused-ring (bicyclic) bond motifs is 1. The van der Waals surface area contributed by atoms with Crippen molar-refractivity contribution in [1.29, 1.82) is 0 Å². The predicted molar refractivity (Wildman–Crippen MR) is 89.0 cm³/mol. The Kier molecular flexibility index (Phi) is 4.15. The van der Waals surface area contributed by atoms with Crippen LogP contribution in [0.25, 0.3) is 10.2 Å². The second-order valence-electron chi connectivity index (χ2n) is 4.46. The molecule has 0 saturated heterocycles. The number of amides is 1. The summed E-state index contributed by atoms with van der Waals surface area (Å²) in [7, 11) is 0. The molecule has 2 heterocycles. The monoisotopic (exact) mass is 353 g/mol. The van der Waals surface area contributed by atoms with Crippen LogP contribution in [-0.2, 0) is 11.3 Å². The van der Waals surface area contributed by atoms with Gasteiger partial charge in [0, 0.05) is 0 Å². The smallest absolute Gasteiger partial charge is 0.262 e. The average molecular weight is 354 g/mol. The van der Waals surface area contributed by atoms with E-state index in [1.165, 1.54) is 22.2 Å². The van der Waals surface area contributed by atoms with Crippen molar-refractivity contribution in [3.63, 3.8) is 0 Å². The molecule has 1 aromatic carbocycles. The lowest BCUT2D eigenvalue weighted by Gasteiger charge is -2.10. The highest BCUT2D eigenvalue weighted by Gasteiger charge is 2.12. The fraction of sp³-hybridized carbons (Fsp3) is 0.0714. The number of carbonyl (C=O) groups is 1.